The van der Waals surface area contributed by atoms with E-state index < -0.39 is 0 Å². The van der Waals surface area contributed by atoms with Gasteiger partial charge in [-0.2, -0.15) is 0 Å². The summed E-state index contributed by atoms with van der Waals surface area (Å²) in [6.45, 7) is 2.36. The lowest BCUT2D eigenvalue weighted by Crippen LogP contribution is -2.22. The van der Waals surface area contributed by atoms with Crippen molar-refractivity contribution in [2.45, 2.75) is 12.3 Å². The predicted octanol–water partition coefficient (Wildman–Crippen LogP) is 15.4. The molecule has 0 atom stereocenters. The Labute approximate surface area is 338 Å². The van der Waals surface area contributed by atoms with E-state index in [0.29, 0.717) is 0 Å². The van der Waals surface area contributed by atoms with Crippen molar-refractivity contribution < 1.29 is 4.42 Å². The summed E-state index contributed by atoms with van der Waals surface area (Å²) < 4.78 is 7.09. The summed E-state index contributed by atoms with van der Waals surface area (Å²) in [4.78, 5) is 2.34. The Kier molecular flexibility index (Phi) is 7.97. The number of anilines is 3. The van der Waals surface area contributed by atoms with Gasteiger partial charge in [0.15, 0.2) is 0 Å². The van der Waals surface area contributed by atoms with E-state index in [1.165, 1.54) is 50.1 Å². The Morgan fingerprint density at radius 2 is 0.776 bits per heavy atom. The summed E-state index contributed by atoms with van der Waals surface area (Å²) in [5.74, 6) is 0. The molecule has 1 heterocycles. The minimum Gasteiger partial charge on any atom is -0.455 e. The van der Waals surface area contributed by atoms with Gasteiger partial charge in [-0.15, -0.1) is 0 Å². The van der Waals surface area contributed by atoms with Crippen molar-refractivity contribution in [2.75, 3.05) is 4.90 Å². The van der Waals surface area contributed by atoms with Gasteiger partial charge in [0.2, 0.25) is 0 Å². The summed E-state index contributed by atoms with van der Waals surface area (Å²) in [6.07, 6.45) is 0. The number of rotatable bonds is 7. The fraction of sp³-hybridized carbons (Fsp3) is 0.0357. The van der Waals surface area contributed by atoms with Crippen molar-refractivity contribution in [1.29, 1.82) is 0 Å². The largest absolute Gasteiger partial charge is 0.455 e. The Balaban J connectivity index is 1.02. The van der Waals surface area contributed by atoms with Crippen LogP contribution in [0, 0.1) is 0 Å². The summed E-state index contributed by atoms with van der Waals surface area (Å²) in [6, 6.07) is 78.6. The Morgan fingerprint density at radius 3 is 1.41 bits per heavy atom. The Morgan fingerprint density at radius 1 is 0.328 bits per heavy atom. The highest BCUT2D eigenvalue weighted by atomic mass is 16.3. The third-order valence-electron chi connectivity index (χ3n) is 12.2. The van der Waals surface area contributed by atoms with E-state index in [0.717, 1.165) is 50.1 Å². The molecule has 0 bridgehead atoms. The van der Waals surface area contributed by atoms with Crippen LogP contribution in [0.2, 0.25) is 0 Å². The summed E-state index contributed by atoms with van der Waals surface area (Å²) in [5.41, 5.74) is 18.1. The second-order valence-corrected chi connectivity index (χ2v) is 15.4. The molecule has 274 valence electrons. The average molecular weight is 742 g/mol. The van der Waals surface area contributed by atoms with Gasteiger partial charge >= 0.3 is 0 Å². The van der Waals surface area contributed by atoms with Crippen LogP contribution in [-0.4, -0.2) is 0 Å². The lowest BCUT2D eigenvalue weighted by Gasteiger charge is -2.28. The third-order valence-corrected chi connectivity index (χ3v) is 12.2. The molecule has 0 aliphatic heterocycles. The van der Waals surface area contributed by atoms with Crippen molar-refractivity contribution in [1.82, 2.24) is 0 Å². The normalized spacial score (nSPS) is 12.7. The molecular formula is C56H39NO. The zero-order valence-electron chi connectivity index (χ0n) is 32.1. The molecule has 10 aromatic rings. The molecule has 9 aromatic carbocycles. The third kappa shape index (κ3) is 5.41. The molecule has 0 spiro atoms. The smallest absolute Gasteiger partial charge is 0.143 e. The van der Waals surface area contributed by atoms with Gasteiger partial charge in [0.05, 0.1) is 0 Å². The van der Waals surface area contributed by atoms with Gasteiger partial charge in [-0.3, -0.25) is 0 Å². The van der Waals surface area contributed by atoms with Crippen LogP contribution < -0.4 is 4.90 Å². The maximum absolute atomic E-state index is 7.09. The van der Waals surface area contributed by atoms with E-state index in [1.807, 2.05) is 0 Å². The van der Waals surface area contributed by atoms with Gasteiger partial charge in [-0.25, -0.2) is 0 Å². The van der Waals surface area contributed by atoms with Crippen LogP contribution in [0.1, 0.15) is 23.6 Å². The number of hydrogen-bond donors (Lipinski definition) is 0. The molecule has 0 N–H and O–H groups in total. The quantitative estimate of drug-likeness (QED) is 0.162. The molecule has 2 nitrogen and oxygen atoms in total. The molecule has 1 aromatic heterocycles. The monoisotopic (exact) mass is 741 g/mol. The number of furan rings is 1. The second kappa shape index (κ2) is 13.7. The van der Waals surface area contributed by atoms with Gasteiger partial charge in [0.25, 0.3) is 0 Å². The SMILES string of the molecule is CC1(c2cccc3c2oc2c(-c4ccc(N(c5ccc(-c6ccccc6)cc5)c5cccc(-c6ccccc6)c5)cc4)cccc23)c2ccccc2-c2ccccc21. The molecule has 11 rings (SSSR count). The molecule has 0 unspecified atom stereocenters. The number of nitrogens with zero attached hydrogens (tertiary/aromatic N) is 1. The zero-order valence-corrected chi connectivity index (χ0v) is 32.1. The highest BCUT2D eigenvalue weighted by Crippen LogP contribution is 2.54. The first-order chi connectivity index (χ1) is 28.6. The maximum atomic E-state index is 7.09. The Hall–Kier alpha value is -7.42. The van der Waals surface area contributed by atoms with Gasteiger partial charge < -0.3 is 9.32 Å². The van der Waals surface area contributed by atoms with Gasteiger partial charge in [0, 0.05) is 44.4 Å². The molecule has 58 heavy (non-hydrogen) atoms. The minimum atomic E-state index is -0.358. The van der Waals surface area contributed by atoms with E-state index in [1.54, 1.807) is 0 Å². The first-order valence-electron chi connectivity index (χ1n) is 20.0. The van der Waals surface area contributed by atoms with E-state index in [-0.39, 0.29) is 5.41 Å². The Bertz CT molecular complexity index is 3060. The first kappa shape index (κ1) is 33.9. The molecule has 0 radical (unpaired) electrons. The summed E-state index contributed by atoms with van der Waals surface area (Å²) in [5, 5.41) is 2.26. The fourth-order valence-corrected chi connectivity index (χ4v) is 9.31. The maximum Gasteiger partial charge on any atom is 0.143 e. The lowest BCUT2D eigenvalue weighted by molar-refractivity contribution is 0.638. The van der Waals surface area contributed by atoms with E-state index >= 15 is 0 Å². The van der Waals surface area contributed by atoms with Gasteiger partial charge in [-0.05, 0) is 93.4 Å². The van der Waals surface area contributed by atoms with Crippen molar-refractivity contribution in [3.8, 4) is 44.5 Å². The molecule has 1 aliphatic carbocycles. The number of fused-ring (bicyclic) bond motifs is 6. The molecule has 2 heteroatoms. The number of para-hydroxylation sites is 2. The van der Waals surface area contributed by atoms with Crippen molar-refractivity contribution in [3.63, 3.8) is 0 Å². The summed E-state index contributed by atoms with van der Waals surface area (Å²) >= 11 is 0. The second-order valence-electron chi connectivity index (χ2n) is 15.4. The first-order valence-corrected chi connectivity index (χ1v) is 20.0. The highest BCUT2D eigenvalue weighted by Gasteiger charge is 2.42. The molecule has 0 fully saturated rings. The fourth-order valence-electron chi connectivity index (χ4n) is 9.31. The molecule has 0 saturated heterocycles. The minimum absolute atomic E-state index is 0.358. The van der Waals surface area contributed by atoms with Crippen LogP contribution in [0.15, 0.2) is 223 Å². The standard InChI is InChI=1S/C56H39NO/c1-56(51-26-10-8-21-47(51)48-22-9-11-27-52(48)56)53-28-14-25-50-49-24-13-23-46(54(49)58-55(50)53)41-31-35-44(36-32-41)57(43-33-29-40(30-34-43)38-15-4-2-5-16-38)45-20-12-19-42(37-45)39-17-6-3-7-18-39/h2-37H,1H3. The van der Waals surface area contributed by atoms with E-state index in [2.05, 4.69) is 230 Å². The zero-order chi connectivity index (χ0) is 38.6. The number of benzene rings is 9. The van der Waals surface area contributed by atoms with E-state index in [4.69, 9.17) is 4.42 Å². The van der Waals surface area contributed by atoms with Crippen LogP contribution in [0.3, 0.4) is 0 Å². The van der Waals surface area contributed by atoms with Crippen LogP contribution in [-0.2, 0) is 5.41 Å². The van der Waals surface area contributed by atoms with Crippen LogP contribution >= 0.6 is 0 Å². The topological polar surface area (TPSA) is 16.4 Å². The highest BCUT2D eigenvalue weighted by molar-refractivity contribution is 6.11. The molecular weight excluding hydrogens is 703 g/mol. The average Bonchev–Trinajstić information content (AvgIpc) is 3.81. The molecule has 1 aliphatic rings. The lowest BCUT2D eigenvalue weighted by atomic mass is 9.74. The van der Waals surface area contributed by atoms with Crippen LogP contribution in [0.4, 0.5) is 17.1 Å². The van der Waals surface area contributed by atoms with Gasteiger partial charge in [0.1, 0.15) is 11.2 Å². The van der Waals surface area contributed by atoms with Crippen molar-refractivity contribution >= 4 is 39.0 Å². The van der Waals surface area contributed by atoms with Gasteiger partial charge in [-0.1, -0.05) is 182 Å². The number of hydrogen-bond acceptors (Lipinski definition) is 2. The summed E-state index contributed by atoms with van der Waals surface area (Å²) in [7, 11) is 0. The molecule has 0 amide bonds. The van der Waals surface area contributed by atoms with Crippen LogP contribution in [0.5, 0.6) is 0 Å². The molecule has 0 saturated carbocycles. The van der Waals surface area contributed by atoms with Crippen molar-refractivity contribution in [3.05, 3.63) is 235 Å². The van der Waals surface area contributed by atoms with Crippen molar-refractivity contribution in [2.24, 2.45) is 0 Å². The van der Waals surface area contributed by atoms with E-state index in [9.17, 15) is 0 Å². The van der Waals surface area contributed by atoms with Crippen LogP contribution in [0.25, 0.3) is 66.4 Å². The predicted molar refractivity (Wildman–Crippen MR) is 242 cm³/mol.